The number of nitro benzene ring substituents is 1. The average Bonchev–Trinajstić information content (AvgIpc) is 3.02. The van der Waals surface area contributed by atoms with E-state index in [4.69, 9.17) is 0 Å². The summed E-state index contributed by atoms with van der Waals surface area (Å²) in [5, 5.41) is 10.5. The lowest BCUT2D eigenvalue weighted by atomic mass is 10.0. The molecular weight excluding hydrogens is 400 g/mol. The van der Waals surface area contributed by atoms with E-state index in [1.165, 1.54) is 18.2 Å². The van der Waals surface area contributed by atoms with Gasteiger partial charge in [0, 0.05) is 12.1 Å². The standard InChI is InChI=1S/C23H16N2O4S/c26-22-21(14-16-9-11-19(12-10-16)18-6-2-1-3-7-18)30-23(27)24(22)15-17-5-4-8-20(13-17)25(28)29/h1-14H,15H2/b21-14-. The number of rotatable bonds is 5. The van der Waals surface area contributed by atoms with E-state index in [9.17, 15) is 19.7 Å². The summed E-state index contributed by atoms with van der Waals surface area (Å²) in [6.45, 7) is -0.00334. The van der Waals surface area contributed by atoms with Gasteiger partial charge in [-0.25, -0.2) is 0 Å². The first-order valence-electron chi connectivity index (χ1n) is 9.15. The number of carbonyl (C=O) groups is 2. The van der Waals surface area contributed by atoms with E-state index < -0.39 is 16.1 Å². The van der Waals surface area contributed by atoms with Gasteiger partial charge in [0.25, 0.3) is 16.8 Å². The van der Waals surface area contributed by atoms with Crippen molar-refractivity contribution in [1.82, 2.24) is 4.90 Å². The number of amides is 2. The minimum Gasteiger partial charge on any atom is -0.268 e. The summed E-state index contributed by atoms with van der Waals surface area (Å²) in [6.07, 6.45) is 1.69. The minimum atomic E-state index is -0.504. The van der Waals surface area contributed by atoms with Gasteiger partial charge in [0.15, 0.2) is 0 Å². The van der Waals surface area contributed by atoms with Crippen LogP contribution in [0.3, 0.4) is 0 Å². The van der Waals surface area contributed by atoms with Crippen molar-refractivity contribution in [3.05, 3.63) is 105 Å². The molecule has 0 aliphatic carbocycles. The lowest BCUT2D eigenvalue weighted by Crippen LogP contribution is -2.27. The van der Waals surface area contributed by atoms with Crippen LogP contribution in [0.5, 0.6) is 0 Å². The highest BCUT2D eigenvalue weighted by molar-refractivity contribution is 8.18. The summed E-state index contributed by atoms with van der Waals surface area (Å²) in [6, 6.07) is 23.6. The molecule has 6 nitrogen and oxygen atoms in total. The van der Waals surface area contributed by atoms with Crippen molar-refractivity contribution >= 4 is 34.7 Å². The molecule has 1 aliphatic rings. The lowest BCUT2D eigenvalue weighted by molar-refractivity contribution is -0.384. The van der Waals surface area contributed by atoms with Crippen LogP contribution in [-0.4, -0.2) is 21.0 Å². The molecule has 0 aromatic heterocycles. The molecule has 0 atom stereocenters. The molecule has 1 fully saturated rings. The first-order chi connectivity index (χ1) is 14.5. The van der Waals surface area contributed by atoms with Gasteiger partial charge in [0.05, 0.1) is 16.4 Å². The second-order valence-electron chi connectivity index (χ2n) is 6.68. The molecule has 148 valence electrons. The molecule has 3 aromatic rings. The Bertz CT molecular complexity index is 1160. The molecule has 0 radical (unpaired) electrons. The number of thioether (sulfide) groups is 1. The zero-order valence-electron chi connectivity index (χ0n) is 15.7. The highest BCUT2D eigenvalue weighted by Crippen LogP contribution is 2.34. The number of nitrogens with zero attached hydrogens (tertiary/aromatic N) is 2. The quantitative estimate of drug-likeness (QED) is 0.312. The van der Waals surface area contributed by atoms with E-state index in [-0.39, 0.29) is 12.2 Å². The number of imide groups is 1. The van der Waals surface area contributed by atoms with Crippen LogP contribution < -0.4 is 0 Å². The van der Waals surface area contributed by atoms with Crippen molar-refractivity contribution in [3.8, 4) is 11.1 Å². The highest BCUT2D eigenvalue weighted by atomic mass is 32.2. The lowest BCUT2D eigenvalue weighted by Gasteiger charge is -2.12. The van der Waals surface area contributed by atoms with Gasteiger partial charge in [-0.3, -0.25) is 24.6 Å². The Kier molecular flexibility index (Phi) is 5.45. The van der Waals surface area contributed by atoms with Crippen LogP contribution in [0.15, 0.2) is 83.8 Å². The number of carbonyl (C=O) groups excluding carboxylic acids is 2. The maximum absolute atomic E-state index is 12.7. The number of benzene rings is 3. The van der Waals surface area contributed by atoms with E-state index >= 15 is 0 Å². The third-order valence-electron chi connectivity index (χ3n) is 4.65. The molecule has 3 aromatic carbocycles. The van der Waals surface area contributed by atoms with Crippen LogP contribution >= 0.6 is 11.8 Å². The van der Waals surface area contributed by atoms with Crippen molar-refractivity contribution in [2.24, 2.45) is 0 Å². The topological polar surface area (TPSA) is 80.5 Å². The summed E-state index contributed by atoms with van der Waals surface area (Å²) in [5.41, 5.74) is 3.43. The fraction of sp³-hybridized carbons (Fsp3) is 0.0435. The van der Waals surface area contributed by atoms with Crippen molar-refractivity contribution in [1.29, 1.82) is 0 Å². The third-order valence-corrected chi connectivity index (χ3v) is 5.56. The minimum absolute atomic E-state index is 0.00334. The van der Waals surface area contributed by atoms with Crippen LogP contribution in [0.25, 0.3) is 17.2 Å². The number of non-ortho nitro benzene ring substituents is 1. The zero-order chi connectivity index (χ0) is 21.1. The van der Waals surface area contributed by atoms with Crippen molar-refractivity contribution in [3.63, 3.8) is 0 Å². The Hall–Kier alpha value is -3.71. The first kappa shape index (κ1) is 19.6. The van der Waals surface area contributed by atoms with Gasteiger partial charge in [-0.15, -0.1) is 0 Å². The highest BCUT2D eigenvalue weighted by Gasteiger charge is 2.35. The second kappa shape index (κ2) is 8.34. The molecule has 0 N–H and O–H groups in total. The van der Waals surface area contributed by atoms with E-state index in [1.807, 2.05) is 54.6 Å². The van der Waals surface area contributed by atoms with Gasteiger partial charge in [-0.05, 0) is 40.1 Å². The predicted octanol–water partition coefficient (Wildman–Crippen LogP) is 5.50. The van der Waals surface area contributed by atoms with Crippen LogP contribution in [-0.2, 0) is 11.3 Å². The molecule has 4 rings (SSSR count). The van der Waals surface area contributed by atoms with Gasteiger partial charge >= 0.3 is 0 Å². The number of hydrogen-bond acceptors (Lipinski definition) is 5. The molecule has 2 amide bonds. The molecule has 1 aliphatic heterocycles. The van der Waals surface area contributed by atoms with Crippen molar-refractivity contribution < 1.29 is 14.5 Å². The van der Waals surface area contributed by atoms with Crippen LogP contribution in [0.1, 0.15) is 11.1 Å². The molecule has 0 saturated carbocycles. The summed E-state index contributed by atoms with van der Waals surface area (Å²) < 4.78 is 0. The van der Waals surface area contributed by atoms with Gasteiger partial charge in [-0.1, -0.05) is 66.7 Å². The monoisotopic (exact) mass is 416 g/mol. The number of hydrogen-bond donors (Lipinski definition) is 0. The van der Waals surface area contributed by atoms with Gasteiger partial charge in [-0.2, -0.15) is 0 Å². The Balaban J connectivity index is 1.51. The summed E-state index contributed by atoms with van der Waals surface area (Å²) >= 11 is 0.872. The zero-order valence-corrected chi connectivity index (χ0v) is 16.5. The largest absolute Gasteiger partial charge is 0.293 e. The SMILES string of the molecule is O=C1S/C(=C\c2ccc(-c3ccccc3)cc2)C(=O)N1Cc1cccc([N+](=O)[O-])c1. The summed E-state index contributed by atoms with van der Waals surface area (Å²) in [5.74, 6) is -0.399. The van der Waals surface area contributed by atoms with E-state index in [0.29, 0.717) is 10.5 Å². The van der Waals surface area contributed by atoms with Crippen LogP contribution in [0.2, 0.25) is 0 Å². The summed E-state index contributed by atoms with van der Waals surface area (Å²) in [7, 11) is 0. The molecule has 0 spiro atoms. The molecule has 7 heteroatoms. The normalized spacial score (nSPS) is 15.1. The van der Waals surface area contributed by atoms with Crippen LogP contribution in [0.4, 0.5) is 10.5 Å². The van der Waals surface area contributed by atoms with E-state index in [1.54, 1.807) is 12.1 Å². The maximum Gasteiger partial charge on any atom is 0.293 e. The molecular formula is C23H16N2O4S. The number of nitro groups is 1. The van der Waals surface area contributed by atoms with Crippen LogP contribution in [0, 0.1) is 10.1 Å². The van der Waals surface area contributed by atoms with Crippen molar-refractivity contribution in [2.75, 3.05) is 0 Å². The predicted molar refractivity (Wildman–Crippen MR) is 116 cm³/mol. The first-order valence-corrected chi connectivity index (χ1v) is 9.97. The summed E-state index contributed by atoms with van der Waals surface area (Å²) in [4.78, 5) is 36.9. The maximum atomic E-state index is 12.7. The second-order valence-corrected chi connectivity index (χ2v) is 7.68. The smallest absolute Gasteiger partial charge is 0.268 e. The Morgan fingerprint density at radius 1 is 0.900 bits per heavy atom. The van der Waals surface area contributed by atoms with Gasteiger partial charge < -0.3 is 0 Å². The van der Waals surface area contributed by atoms with Gasteiger partial charge in [0.2, 0.25) is 0 Å². The average molecular weight is 416 g/mol. The van der Waals surface area contributed by atoms with Gasteiger partial charge in [0.1, 0.15) is 0 Å². The third kappa shape index (κ3) is 4.16. The molecule has 1 saturated heterocycles. The fourth-order valence-corrected chi connectivity index (χ4v) is 3.98. The molecule has 0 unspecified atom stereocenters. The fourth-order valence-electron chi connectivity index (χ4n) is 3.14. The van der Waals surface area contributed by atoms with Crippen molar-refractivity contribution in [2.45, 2.75) is 6.54 Å². The molecule has 1 heterocycles. The Morgan fingerprint density at radius 2 is 1.60 bits per heavy atom. The Morgan fingerprint density at radius 3 is 2.30 bits per heavy atom. The molecule has 30 heavy (non-hydrogen) atoms. The van der Waals surface area contributed by atoms with E-state index in [0.717, 1.165) is 33.4 Å². The Labute approximate surface area is 177 Å². The van der Waals surface area contributed by atoms with E-state index in [2.05, 4.69) is 0 Å². The molecule has 0 bridgehead atoms.